The first-order valence-corrected chi connectivity index (χ1v) is 6.51. The highest BCUT2D eigenvalue weighted by atomic mass is 35.5. The molecule has 1 unspecified atom stereocenters. The maximum absolute atomic E-state index is 8.86. The van der Waals surface area contributed by atoms with Gasteiger partial charge in [-0.05, 0) is 20.3 Å². The van der Waals surface area contributed by atoms with Crippen LogP contribution in [0.25, 0.3) is 0 Å². The SMILES string of the molecule is CCCc1nc(Cl)c(C)c(N(C)CC(C)C#N)n1. The lowest BCUT2D eigenvalue weighted by Crippen LogP contribution is -2.25. The van der Waals surface area contributed by atoms with E-state index in [2.05, 4.69) is 23.0 Å². The molecule has 0 aliphatic carbocycles. The fourth-order valence-electron chi connectivity index (χ4n) is 1.77. The normalized spacial score (nSPS) is 12.0. The summed E-state index contributed by atoms with van der Waals surface area (Å²) >= 11 is 6.13. The zero-order chi connectivity index (χ0) is 13.7. The van der Waals surface area contributed by atoms with Gasteiger partial charge in [0.2, 0.25) is 0 Å². The van der Waals surface area contributed by atoms with E-state index in [-0.39, 0.29) is 5.92 Å². The first-order chi connectivity index (χ1) is 8.49. The van der Waals surface area contributed by atoms with Gasteiger partial charge in [0, 0.05) is 25.6 Å². The number of nitriles is 1. The van der Waals surface area contributed by atoms with Crippen LogP contribution in [0.15, 0.2) is 0 Å². The van der Waals surface area contributed by atoms with Gasteiger partial charge in [-0.15, -0.1) is 0 Å². The smallest absolute Gasteiger partial charge is 0.137 e. The van der Waals surface area contributed by atoms with Crippen LogP contribution in [0.1, 0.15) is 31.7 Å². The third-order valence-electron chi connectivity index (χ3n) is 2.71. The van der Waals surface area contributed by atoms with E-state index in [1.54, 1.807) is 0 Å². The summed E-state index contributed by atoms with van der Waals surface area (Å²) in [6, 6.07) is 2.22. The van der Waals surface area contributed by atoms with Gasteiger partial charge in [0.05, 0.1) is 12.0 Å². The molecular formula is C13H19ClN4. The van der Waals surface area contributed by atoms with Crippen molar-refractivity contribution < 1.29 is 0 Å². The molecule has 0 amide bonds. The number of rotatable bonds is 5. The van der Waals surface area contributed by atoms with Gasteiger partial charge in [-0.25, -0.2) is 9.97 Å². The second kappa shape index (κ2) is 6.55. The Morgan fingerprint density at radius 1 is 1.44 bits per heavy atom. The van der Waals surface area contributed by atoms with Gasteiger partial charge in [-0.2, -0.15) is 5.26 Å². The molecule has 98 valence electrons. The lowest BCUT2D eigenvalue weighted by atomic mass is 10.2. The summed E-state index contributed by atoms with van der Waals surface area (Å²) in [7, 11) is 1.93. The molecule has 0 saturated carbocycles. The average Bonchev–Trinajstić information content (AvgIpc) is 2.33. The predicted molar refractivity (Wildman–Crippen MR) is 73.8 cm³/mol. The fourth-order valence-corrected chi connectivity index (χ4v) is 1.95. The molecule has 4 nitrogen and oxygen atoms in total. The molecule has 1 rings (SSSR count). The van der Waals surface area contributed by atoms with Crippen molar-refractivity contribution >= 4 is 17.4 Å². The molecular weight excluding hydrogens is 248 g/mol. The molecule has 0 spiro atoms. The number of hydrogen-bond acceptors (Lipinski definition) is 4. The number of aryl methyl sites for hydroxylation is 1. The molecule has 0 aromatic carbocycles. The molecule has 1 atom stereocenters. The predicted octanol–water partition coefficient (Wildman–Crippen LogP) is 2.99. The van der Waals surface area contributed by atoms with Crippen LogP contribution in [0.5, 0.6) is 0 Å². The molecule has 0 bridgehead atoms. The average molecular weight is 267 g/mol. The number of hydrogen-bond donors (Lipinski definition) is 0. The van der Waals surface area contributed by atoms with Gasteiger partial charge in [0.15, 0.2) is 0 Å². The topological polar surface area (TPSA) is 52.8 Å². The van der Waals surface area contributed by atoms with Crippen molar-refractivity contribution in [2.45, 2.75) is 33.6 Å². The molecule has 1 aromatic rings. The van der Waals surface area contributed by atoms with Crippen LogP contribution in [0, 0.1) is 24.2 Å². The Morgan fingerprint density at radius 2 is 2.11 bits per heavy atom. The summed E-state index contributed by atoms with van der Waals surface area (Å²) in [4.78, 5) is 10.8. The fraction of sp³-hybridized carbons (Fsp3) is 0.615. The zero-order valence-corrected chi connectivity index (χ0v) is 12.1. The van der Waals surface area contributed by atoms with E-state index in [1.807, 2.05) is 25.8 Å². The van der Waals surface area contributed by atoms with Crippen LogP contribution in [-0.4, -0.2) is 23.6 Å². The van der Waals surface area contributed by atoms with Crippen molar-refractivity contribution in [1.82, 2.24) is 9.97 Å². The molecule has 0 aliphatic rings. The van der Waals surface area contributed by atoms with Gasteiger partial charge < -0.3 is 4.90 Å². The van der Waals surface area contributed by atoms with E-state index < -0.39 is 0 Å². The van der Waals surface area contributed by atoms with Crippen LogP contribution in [0.4, 0.5) is 5.82 Å². The van der Waals surface area contributed by atoms with E-state index in [9.17, 15) is 0 Å². The third kappa shape index (κ3) is 3.58. The van der Waals surface area contributed by atoms with Crippen molar-refractivity contribution in [3.8, 4) is 6.07 Å². The van der Waals surface area contributed by atoms with Gasteiger partial charge in [-0.1, -0.05) is 18.5 Å². The molecule has 1 aromatic heterocycles. The van der Waals surface area contributed by atoms with E-state index in [1.165, 1.54) is 0 Å². The minimum absolute atomic E-state index is 0.0437. The van der Waals surface area contributed by atoms with Gasteiger partial charge in [-0.3, -0.25) is 0 Å². The van der Waals surface area contributed by atoms with Crippen molar-refractivity contribution in [3.63, 3.8) is 0 Å². The Hall–Kier alpha value is -1.34. The van der Waals surface area contributed by atoms with Crippen LogP contribution < -0.4 is 4.90 Å². The zero-order valence-electron chi connectivity index (χ0n) is 11.4. The standard InChI is InChI=1S/C13H19ClN4/c1-5-6-11-16-12(14)10(3)13(17-11)18(4)8-9(2)7-15/h9H,5-6,8H2,1-4H3. The van der Waals surface area contributed by atoms with Crippen molar-refractivity contribution in [1.29, 1.82) is 5.26 Å². The summed E-state index contributed by atoms with van der Waals surface area (Å²) < 4.78 is 0. The largest absolute Gasteiger partial charge is 0.358 e. The second-order valence-electron chi connectivity index (χ2n) is 4.54. The quantitative estimate of drug-likeness (QED) is 0.769. The minimum atomic E-state index is -0.0437. The van der Waals surface area contributed by atoms with E-state index in [0.29, 0.717) is 11.7 Å². The first-order valence-electron chi connectivity index (χ1n) is 6.13. The van der Waals surface area contributed by atoms with Crippen LogP contribution in [0.3, 0.4) is 0 Å². The highest BCUT2D eigenvalue weighted by Crippen LogP contribution is 2.23. The summed E-state index contributed by atoms with van der Waals surface area (Å²) in [5, 5.41) is 9.36. The van der Waals surface area contributed by atoms with Crippen molar-refractivity contribution in [3.05, 3.63) is 16.5 Å². The van der Waals surface area contributed by atoms with Gasteiger partial charge in [0.1, 0.15) is 16.8 Å². The highest BCUT2D eigenvalue weighted by Gasteiger charge is 2.14. The van der Waals surface area contributed by atoms with Crippen LogP contribution >= 0.6 is 11.6 Å². The van der Waals surface area contributed by atoms with Gasteiger partial charge in [0.25, 0.3) is 0 Å². The lowest BCUT2D eigenvalue weighted by molar-refractivity contribution is 0.702. The molecule has 5 heteroatoms. The van der Waals surface area contributed by atoms with E-state index >= 15 is 0 Å². The summed E-state index contributed by atoms with van der Waals surface area (Å²) in [6.07, 6.45) is 1.80. The number of halogens is 1. The second-order valence-corrected chi connectivity index (χ2v) is 4.90. The summed E-state index contributed by atoms with van der Waals surface area (Å²) in [6.45, 7) is 6.51. The Balaban J connectivity index is 3.03. The van der Waals surface area contributed by atoms with Crippen LogP contribution in [-0.2, 0) is 6.42 Å². The molecule has 1 heterocycles. The van der Waals surface area contributed by atoms with E-state index in [4.69, 9.17) is 16.9 Å². The maximum atomic E-state index is 8.86. The monoisotopic (exact) mass is 266 g/mol. The summed E-state index contributed by atoms with van der Waals surface area (Å²) in [5.41, 5.74) is 0.865. The van der Waals surface area contributed by atoms with Gasteiger partial charge >= 0.3 is 0 Å². The highest BCUT2D eigenvalue weighted by molar-refractivity contribution is 6.30. The Kier molecular flexibility index (Phi) is 5.36. The Bertz CT molecular complexity index is 453. The van der Waals surface area contributed by atoms with Crippen LogP contribution in [0.2, 0.25) is 5.15 Å². The minimum Gasteiger partial charge on any atom is -0.358 e. The maximum Gasteiger partial charge on any atom is 0.137 e. The first kappa shape index (κ1) is 14.7. The van der Waals surface area contributed by atoms with E-state index in [0.717, 1.165) is 30.0 Å². The molecule has 0 fully saturated rings. The Morgan fingerprint density at radius 3 is 2.67 bits per heavy atom. The number of aromatic nitrogens is 2. The molecule has 0 aliphatic heterocycles. The number of nitrogens with zero attached hydrogens (tertiary/aromatic N) is 4. The molecule has 0 radical (unpaired) electrons. The molecule has 0 saturated heterocycles. The van der Waals surface area contributed by atoms with Crippen molar-refractivity contribution in [2.24, 2.45) is 5.92 Å². The Labute approximate surface area is 114 Å². The molecule has 18 heavy (non-hydrogen) atoms. The third-order valence-corrected chi connectivity index (χ3v) is 3.08. The molecule has 0 N–H and O–H groups in total. The van der Waals surface area contributed by atoms with Crippen molar-refractivity contribution in [2.75, 3.05) is 18.5 Å². The summed E-state index contributed by atoms with van der Waals surface area (Å²) in [5.74, 6) is 1.54. The number of anilines is 1. The lowest BCUT2D eigenvalue weighted by Gasteiger charge is -2.22.